The molecule has 0 saturated heterocycles. The molecule has 1 heterocycles. The molecule has 0 amide bonds. The van der Waals surface area contributed by atoms with Crippen molar-refractivity contribution in [3.05, 3.63) is 29.0 Å². The van der Waals surface area contributed by atoms with Crippen LogP contribution < -0.4 is 10.5 Å². The lowest BCUT2D eigenvalue weighted by atomic mass is 10.3. The van der Waals surface area contributed by atoms with Crippen LogP contribution in [0.3, 0.4) is 0 Å². The van der Waals surface area contributed by atoms with Crippen molar-refractivity contribution >= 4 is 34.9 Å². The van der Waals surface area contributed by atoms with Crippen LogP contribution >= 0.6 is 23.8 Å². The molecule has 1 aromatic carbocycles. The third-order valence-electron chi connectivity index (χ3n) is 1.88. The number of nitrogens with zero attached hydrogens (tertiary/aromatic N) is 3. The van der Waals surface area contributed by atoms with Gasteiger partial charge in [0, 0.05) is 10.4 Å². The first-order valence-corrected chi connectivity index (χ1v) is 4.92. The molecule has 15 heavy (non-hydrogen) atoms. The average Bonchev–Trinajstić information content (AvgIpc) is 2.65. The Labute approximate surface area is 95.7 Å². The molecule has 0 spiro atoms. The second kappa shape index (κ2) is 4.08. The molecule has 78 valence electrons. The number of halogens is 2. The van der Waals surface area contributed by atoms with Crippen molar-refractivity contribution in [1.29, 1.82) is 0 Å². The van der Waals surface area contributed by atoms with Crippen LogP contribution in [0.5, 0.6) is 0 Å². The van der Waals surface area contributed by atoms with Crippen molar-refractivity contribution in [2.45, 2.75) is 6.17 Å². The van der Waals surface area contributed by atoms with Crippen LogP contribution in [0.2, 0.25) is 5.02 Å². The molecule has 1 aliphatic heterocycles. The molecule has 0 aliphatic carbocycles. The summed E-state index contributed by atoms with van der Waals surface area (Å²) >= 11 is 10.4. The lowest BCUT2D eigenvalue weighted by molar-refractivity contribution is 0.606. The first kappa shape index (κ1) is 10.3. The second-order valence-corrected chi connectivity index (χ2v) is 3.54. The van der Waals surface area contributed by atoms with Gasteiger partial charge < -0.3 is 0 Å². The molecule has 0 fully saturated rings. The van der Waals surface area contributed by atoms with Crippen LogP contribution in [-0.2, 0) is 0 Å². The Kier molecular flexibility index (Phi) is 2.79. The summed E-state index contributed by atoms with van der Waals surface area (Å²) in [6, 6.07) is 4.34. The average molecular weight is 245 g/mol. The van der Waals surface area contributed by atoms with Gasteiger partial charge in [-0.2, -0.15) is 5.53 Å². The first-order chi connectivity index (χ1) is 7.22. The van der Waals surface area contributed by atoms with E-state index in [2.05, 4.69) is 15.9 Å². The van der Waals surface area contributed by atoms with Crippen LogP contribution in [0.15, 0.2) is 28.5 Å². The Morgan fingerprint density at radius 3 is 3.07 bits per heavy atom. The molecular formula is C8H6ClFN4S. The highest BCUT2D eigenvalue weighted by atomic mass is 35.5. The maximum absolute atomic E-state index is 13.5. The monoisotopic (exact) mass is 244 g/mol. The fourth-order valence-corrected chi connectivity index (χ4v) is 1.54. The van der Waals surface area contributed by atoms with E-state index in [9.17, 15) is 4.39 Å². The summed E-state index contributed by atoms with van der Waals surface area (Å²) in [5, 5.41) is 10.5. The smallest absolute Gasteiger partial charge is 0.192 e. The zero-order valence-electron chi connectivity index (χ0n) is 7.39. The number of hydrazine groups is 1. The highest BCUT2D eigenvalue weighted by Crippen LogP contribution is 2.24. The summed E-state index contributed by atoms with van der Waals surface area (Å²) < 4.78 is 13.5. The lowest BCUT2D eigenvalue weighted by Crippen LogP contribution is -2.38. The normalized spacial score (nSPS) is 19.1. The predicted octanol–water partition coefficient (Wildman–Crippen LogP) is 2.50. The zero-order valence-corrected chi connectivity index (χ0v) is 8.96. The van der Waals surface area contributed by atoms with E-state index < -0.39 is 12.0 Å². The minimum Gasteiger partial charge on any atom is -0.237 e. The Hall–Kier alpha value is -1.27. The molecule has 1 aliphatic rings. The minimum atomic E-state index is -0.476. The van der Waals surface area contributed by atoms with Crippen LogP contribution in [0.4, 0.5) is 10.1 Å². The molecule has 1 aromatic rings. The molecule has 1 atom stereocenters. The highest BCUT2D eigenvalue weighted by molar-refractivity contribution is 7.79. The summed E-state index contributed by atoms with van der Waals surface area (Å²) in [4.78, 5) is 0. The number of anilines is 1. The van der Waals surface area contributed by atoms with Gasteiger partial charge in [-0.25, -0.2) is 9.40 Å². The van der Waals surface area contributed by atoms with E-state index in [-0.39, 0.29) is 0 Å². The van der Waals surface area contributed by atoms with Gasteiger partial charge in [0.05, 0.1) is 5.69 Å². The van der Waals surface area contributed by atoms with Gasteiger partial charge in [-0.1, -0.05) is 29.0 Å². The molecular weight excluding hydrogens is 239 g/mol. The second-order valence-electron chi connectivity index (χ2n) is 2.83. The van der Waals surface area contributed by atoms with Gasteiger partial charge >= 0.3 is 0 Å². The molecule has 0 bridgehead atoms. The fourth-order valence-electron chi connectivity index (χ4n) is 1.21. The third-order valence-corrected chi connectivity index (χ3v) is 2.36. The van der Waals surface area contributed by atoms with Gasteiger partial charge in [-0.15, -0.1) is 5.11 Å². The summed E-state index contributed by atoms with van der Waals surface area (Å²) in [6.07, 6.45) is -0.476. The molecule has 1 unspecified atom stereocenters. The number of rotatable bonds is 2. The van der Waals surface area contributed by atoms with Gasteiger partial charge in [0.15, 0.2) is 6.17 Å². The van der Waals surface area contributed by atoms with Crippen LogP contribution in [-0.4, -0.2) is 11.5 Å². The Morgan fingerprint density at radius 2 is 2.40 bits per heavy atom. The number of hydrogen-bond donors (Lipinski definition) is 1. The van der Waals surface area contributed by atoms with E-state index in [1.54, 1.807) is 6.07 Å². The molecule has 4 nitrogen and oxygen atoms in total. The number of nitrogens with one attached hydrogen (secondary N) is 1. The Bertz CT molecular complexity index is 425. The van der Waals surface area contributed by atoms with Crippen molar-refractivity contribution < 1.29 is 4.39 Å². The molecule has 1 N–H and O–H groups in total. The third kappa shape index (κ3) is 1.91. The Morgan fingerprint density at radius 1 is 1.60 bits per heavy atom. The maximum Gasteiger partial charge on any atom is 0.192 e. The molecule has 2 rings (SSSR count). The van der Waals surface area contributed by atoms with Crippen molar-refractivity contribution in [2.24, 2.45) is 10.3 Å². The van der Waals surface area contributed by atoms with Crippen LogP contribution in [0.1, 0.15) is 0 Å². The van der Waals surface area contributed by atoms with Gasteiger partial charge in [-0.3, -0.25) is 0 Å². The first-order valence-electron chi connectivity index (χ1n) is 4.07. The minimum absolute atomic E-state index is 0.301. The van der Waals surface area contributed by atoms with Gasteiger partial charge in [0.2, 0.25) is 0 Å². The van der Waals surface area contributed by atoms with Crippen molar-refractivity contribution in [1.82, 2.24) is 5.53 Å². The van der Waals surface area contributed by atoms with E-state index >= 15 is 0 Å². The SMILES string of the molecule is Fc1cc(Cl)ccc1N1NN=NC1C=S. The Balaban J connectivity index is 2.33. The van der Waals surface area contributed by atoms with Gasteiger partial charge in [0.1, 0.15) is 5.82 Å². The highest BCUT2D eigenvalue weighted by Gasteiger charge is 2.23. The van der Waals surface area contributed by atoms with Gasteiger partial charge in [-0.05, 0) is 18.2 Å². The largest absolute Gasteiger partial charge is 0.237 e. The van der Waals surface area contributed by atoms with Crippen molar-refractivity contribution in [3.8, 4) is 0 Å². The van der Waals surface area contributed by atoms with E-state index in [0.717, 1.165) is 0 Å². The molecule has 0 aromatic heterocycles. The van der Waals surface area contributed by atoms with Crippen molar-refractivity contribution in [3.63, 3.8) is 0 Å². The number of hydrogen-bond acceptors (Lipinski definition) is 5. The number of thiocarbonyl (C=S) groups is 1. The summed E-state index contributed by atoms with van der Waals surface area (Å²) in [7, 11) is 0. The fraction of sp³-hybridized carbons (Fsp3) is 0.125. The topological polar surface area (TPSA) is 40.0 Å². The summed E-state index contributed by atoms with van der Waals surface area (Å²) in [5.74, 6) is -0.454. The summed E-state index contributed by atoms with van der Waals surface area (Å²) in [5.41, 5.74) is 2.85. The van der Waals surface area contributed by atoms with Crippen LogP contribution in [0, 0.1) is 5.82 Å². The number of benzene rings is 1. The molecule has 0 radical (unpaired) electrons. The predicted molar refractivity (Wildman–Crippen MR) is 59.3 cm³/mol. The molecule has 7 heteroatoms. The van der Waals surface area contributed by atoms with E-state index in [1.165, 1.54) is 22.5 Å². The zero-order chi connectivity index (χ0) is 10.8. The van der Waals surface area contributed by atoms with E-state index in [0.29, 0.717) is 10.7 Å². The van der Waals surface area contributed by atoms with Gasteiger partial charge in [0.25, 0.3) is 0 Å². The molecule has 0 saturated carbocycles. The summed E-state index contributed by atoms with van der Waals surface area (Å²) in [6.45, 7) is 0. The quantitative estimate of drug-likeness (QED) is 0.813. The van der Waals surface area contributed by atoms with E-state index in [4.69, 9.17) is 23.8 Å². The van der Waals surface area contributed by atoms with Crippen LogP contribution in [0.25, 0.3) is 0 Å². The standard InChI is InChI=1S/C8H6ClFN4S/c9-5-1-2-7(6(10)3-5)14-8(4-15)11-12-13-14/h1-4,8H,(H,11,13). The van der Waals surface area contributed by atoms with E-state index in [1.807, 2.05) is 0 Å². The lowest BCUT2D eigenvalue weighted by Gasteiger charge is -2.20. The van der Waals surface area contributed by atoms with Crippen molar-refractivity contribution in [2.75, 3.05) is 5.01 Å². The maximum atomic E-state index is 13.5.